The lowest BCUT2D eigenvalue weighted by Crippen LogP contribution is -2.51. The van der Waals surface area contributed by atoms with E-state index in [-0.39, 0.29) is 23.5 Å². The first-order chi connectivity index (χ1) is 16.6. The predicted octanol–water partition coefficient (Wildman–Crippen LogP) is 5.83. The van der Waals surface area contributed by atoms with E-state index in [0.29, 0.717) is 44.0 Å². The number of amides is 2. The van der Waals surface area contributed by atoms with Crippen molar-refractivity contribution >= 4 is 23.8 Å². The first-order valence-electron chi connectivity index (χ1n) is 12.2. The summed E-state index contributed by atoms with van der Waals surface area (Å²) in [6.45, 7) is 7.04. The van der Waals surface area contributed by atoms with Gasteiger partial charge in [0.25, 0.3) is 0 Å². The Morgan fingerprint density at radius 1 is 1.17 bits per heavy atom. The van der Waals surface area contributed by atoms with Crippen LogP contribution in [0.5, 0.6) is 0 Å². The Kier molecular flexibility index (Phi) is 7.27. The molecule has 1 aromatic heterocycles. The average molecular weight is 500 g/mol. The summed E-state index contributed by atoms with van der Waals surface area (Å²) in [5, 5.41) is 10.6. The fourth-order valence-corrected chi connectivity index (χ4v) is 5.21. The standard InChI is InChI=1S/C27H34ClN3O4/c1-26(2,3)35-25(34)30-13-11-27(12-14-30,16-19-9-10-23(28)29-17-19)18-31(24(32)33)22-15-21(22)20-7-5-4-6-8-20/h4-10,17,21-22H,11-16,18H2,1-3H3,(H,32,33)/t21?,22-/m1/s1. The molecule has 35 heavy (non-hydrogen) atoms. The van der Waals surface area contributed by atoms with Crippen molar-refractivity contribution in [3.63, 3.8) is 0 Å². The second-order valence-corrected chi connectivity index (χ2v) is 11.3. The Bertz CT molecular complexity index is 1030. The molecule has 0 spiro atoms. The number of likely N-dealkylation sites (tertiary alicyclic amines) is 1. The summed E-state index contributed by atoms with van der Waals surface area (Å²) in [5.41, 5.74) is 1.33. The van der Waals surface area contributed by atoms with Crippen molar-refractivity contribution < 1.29 is 19.4 Å². The van der Waals surface area contributed by atoms with E-state index < -0.39 is 11.7 Å². The highest BCUT2D eigenvalue weighted by Crippen LogP contribution is 2.47. The van der Waals surface area contributed by atoms with Gasteiger partial charge in [-0.1, -0.05) is 48.0 Å². The van der Waals surface area contributed by atoms with Crippen LogP contribution in [0.4, 0.5) is 9.59 Å². The molecule has 2 heterocycles. The first kappa shape index (κ1) is 25.3. The third-order valence-corrected chi connectivity index (χ3v) is 7.20. The highest BCUT2D eigenvalue weighted by molar-refractivity contribution is 6.29. The number of carbonyl (C=O) groups is 2. The minimum absolute atomic E-state index is 0.0287. The molecule has 2 amide bonds. The van der Waals surface area contributed by atoms with Crippen molar-refractivity contribution in [2.75, 3.05) is 19.6 Å². The van der Waals surface area contributed by atoms with Gasteiger partial charge in [-0.3, -0.25) is 0 Å². The van der Waals surface area contributed by atoms with Crippen molar-refractivity contribution in [3.8, 4) is 0 Å². The summed E-state index contributed by atoms with van der Waals surface area (Å²) in [6, 6.07) is 13.8. The van der Waals surface area contributed by atoms with Gasteiger partial charge in [0.05, 0.1) is 0 Å². The molecule has 0 bridgehead atoms. The largest absolute Gasteiger partial charge is 0.465 e. The fourth-order valence-electron chi connectivity index (χ4n) is 5.10. The van der Waals surface area contributed by atoms with Gasteiger partial charge in [0.15, 0.2) is 0 Å². The van der Waals surface area contributed by atoms with Crippen LogP contribution in [-0.2, 0) is 11.2 Å². The Morgan fingerprint density at radius 3 is 2.43 bits per heavy atom. The molecule has 1 aliphatic heterocycles. The molecule has 188 valence electrons. The lowest BCUT2D eigenvalue weighted by molar-refractivity contribution is 0.00417. The lowest BCUT2D eigenvalue weighted by atomic mass is 9.73. The van der Waals surface area contributed by atoms with E-state index in [1.165, 1.54) is 5.56 Å². The highest BCUT2D eigenvalue weighted by atomic mass is 35.5. The summed E-state index contributed by atoms with van der Waals surface area (Å²) < 4.78 is 5.57. The zero-order valence-electron chi connectivity index (χ0n) is 20.6. The smallest absolute Gasteiger partial charge is 0.410 e. The van der Waals surface area contributed by atoms with Crippen LogP contribution in [0.3, 0.4) is 0 Å². The van der Waals surface area contributed by atoms with Gasteiger partial charge in [0.2, 0.25) is 0 Å². The Labute approximate surface area is 212 Å². The quantitative estimate of drug-likeness (QED) is 0.505. The maximum Gasteiger partial charge on any atom is 0.410 e. The molecular formula is C27H34ClN3O4. The van der Waals surface area contributed by atoms with Crippen LogP contribution in [0.15, 0.2) is 48.7 Å². The van der Waals surface area contributed by atoms with Crippen LogP contribution in [0.1, 0.15) is 57.1 Å². The molecule has 1 aliphatic carbocycles. The first-order valence-corrected chi connectivity index (χ1v) is 12.6. The van der Waals surface area contributed by atoms with Crippen molar-refractivity contribution in [3.05, 3.63) is 64.9 Å². The van der Waals surface area contributed by atoms with Gasteiger partial charge in [-0.2, -0.15) is 0 Å². The summed E-state index contributed by atoms with van der Waals surface area (Å²) in [7, 11) is 0. The number of carboxylic acid groups (broad SMARTS) is 1. The topological polar surface area (TPSA) is 83.0 Å². The zero-order valence-corrected chi connectivity index (χ0v) is 21.4. The highest BCUT2D eigenvalue weighted by Gasteiger charge is 2.48. The van der Waals surface area contributed by atoms with Crippen LogP contribution < -0.4 is 0 Å². The van der Waals surface area contributed by atoms with Crippen LogP contribution in [0.2, 0.25) is 5.15 Å². The van der Waals surface area contributed by atoms with Crippen LogP contribution >= 0.6 is 11.6 Å². The molecule has 1 N–H and O–H groups in total. The second-order valence-electron chi connectivity index (χ2n) is 10.9. The molecule has 0 radical (unpaired) electrons. The monoisotopic (exact) mass is 499 g/mol. The molecule has 2 fully saturated rings. The van der Waals surface area contributed by atoms with E-state index in [1.807, 2.05) is 45.0 Å². The second kappa shape index (κ2) is 10.1. The average Bonchev–Trinajstić information content (AvgIpc) is 3.59. The number of halogens is 1. The van der Waals surface area contributed by atoms with E-state index in [2.05, 4.69) is 17.1 Å². The van der Waals surface area contributed by atoms with Gasteiger partial charge in [0, 0.05) is 37.8 Å². The van der Waals surface area contributed by atoms with E-state index >= 15 is 0 Å². The van der Waals surface area contributed by atoms with Gasteiger partial charge in [-0.05, 0) is 69.1 Å². The predicted molar refractivity (Wildman–Crippen MR) is 135 cm³/mol. The number of ether oxygens (including phenoxy) is 1. The van der Waals surface area contributed by atoms with Crippen LogP contribution in [0, 0.1) is 5.41 Å². The number of piperidine rings is 1. The van der Waals surface area contributed by atoms with Crippen LogP contribution in [0.25, 0.3) is 0 Å². The summed E-state index contributed by atoms with van der Waals surface area (Å²) in [5.74, 6) is 0.225. The van der Waals surface area contributed by atoms with Gasteiger partial charge in [-0.15, -0.1) is 0 Å². The SMILES string of the molecule is CC(C)(C)OC(=O)N1CCC(Cc2ccc(Cl)nc2)(CN(C(=O)O)[C@@H]2CC2c2ccccc2)CC1. The maximum atomic E-state index is 12.6. The van der Waals surface area contributed by atoms with E-state index in [0.717, 1.165) is 12.0 Å². The lowest BCUT2D eigenvalue weighted by Gasteiger charge is -2.44. The Morgan fingerprint density at radius 2 is 1.86 bits per heavy atom. The van der Waals surface area contributed by atoms with Gasteiger partial charge in [0.1, 0.15) is 10.8 Å². The van der Waals surface area contributed by atoms with Crippen molar-refractivity contribution in [2.24, 2.45) is 5.41 Å². The van der Waals surface area contributed by atoms with Crippen molar-refractivity contribution in [1.82, 2.24) is 14.8 Å². The molecule has 1 saturated carbocycles. The number of nitrogens with zero attached hydrogens (tertiary/aromatic N) is 3. The number of hydrogen-bond donors (Lipinski definition) is 1. The maximum absolute atomic E-state index is 12.6. The number of carbonyl (C=O) groups excluding carboxylic acids is 1. The van der Waals surface area contributed by atoms with Crippen LogP contribution in [-0.4, -0.2) is 63.4 Å². The minimum atomic E-state index is -0.892. The Hall–Kier alpha value is -2.80. The van der Waals surface area contributed by atoms with Gasteiger partial charge < -0.3 is 19.6 Å². The summed E-state index contributed by atoms with van der Waals surface area (Å²) >= 11 is 5.99. The van der Waals surface area contributed by atoms with Gasteiger partial charge in [-0.25, -0.2) is 14.6 Å². The number of aromatic nitrogens is 1. The normalized spacial score (nSPS) is 21.3. The zero-order chi connectivity index (χ0) is 25.2. The molecule has 1 saturated heterocycles. The molecule has 7 nitrogen and oxygen atoms in total. The number of benzene rings is 1. The molecule has 2 atom stereocenters. The van der Waals surface area contributed by atoms with Gasteiger partial charge >= 0.3 is 12.2 Å². The molecule has 2 aromatic rings. The fraction of sp³-hybridized carbons (Fsp3) is 0.519. The molecule has 4 rings (SSSR count). The number of pyridine rings is 1. The molecule has 1 unspecified atom stereocenters. The van der Waals surface area contributed by atoms with Crippen molar-refractivity contribution in [1.29, 1.82) is 0 Å². The number of rotatable bonds is 6. The molecule has 2 aliphatic rings. The molecular weight excluding hydrogens is 466 g/mol. The van der Waals surface area contributed by atoms with E-state index in [1.54, 1.807) is 22.1 Å². The molecule has 1 aromatic carbocycles. The summed E-state index contributed by atoms with van der Waals surface area (Å²) in [4.78, 5) is 32.6. The minimum Gasteiger partial charge on any atom is -0.465 e. The van der Waals surface area contributed by atoms with E-state index in [9.17, 15) is 14.7 Å². The Balaban J connectivity index is 1.52. The third-order valence-electron chi connectivity index (χ3n) is 6.98. The third kappa shape index (κ3) is 6.45. The molecule has 8 heteroatoms. The number of hydrogen-bond acceptors (Lipinski definition) is 4. The summed E-state index contributed by atoms with van der Waals surface area (Å²) in [6.07, 6.45) is 3.42. The van der Waals surface area contributed by atoms with E-state index in [4.69, 9.17) is 16.3 Å². The van der Waals surface area contributed by atoms with Crippen molar-refractivity contribution in [2.45, 2.75) is 64.0 Å².